The first-order chi connectivity index (χ1) is 10.3. The van der Waals surface area contributed by atoms with Crippen LogP contribution in [0.15, 0.2) is 37.2 Å². The van der Waals surface area contributed by atoms with Crippen LogP contribution in [0.3, 0.4) is 0 Å². The Labute approximate surface area is 123 Å². The number of aromatic nitrogens is 4. The van der Waals surface area contributed by atoms with Crippen molar-refractivity contribution in [2.24, 2.45) is 0 Å². The molecular weight excluding hydrogens is 266 g/mol. The Balaban J connectivity index is 1.51. The second kappa shape index (κ2) is 5.11. The fourth-order valence-electron chi connectivity index (χ4n) is 3.50. The largest absolute Gasteiger partial charge is 0.371 e. The third-order valence-corrected chi connectivity index (χ3v) is 4.51. The second-order valence-electron chi connectivity index (χ2n) is 5.94. The molecule has 2 aliphatic heterocycles. The summed E-state index contributed by atoms with van der Waals surface area (Å²) in [6.07, 6.45) is 12.6. The van der Waals surface area contributed by atoms with Crippen LogP contribution in [0.5, 0.6) is 0 Å². The van der Waals surface area contributed by atoms with Crippen molar-refractivity contribution in [1.82, 2.24) is 19.5 Å². The molecule has 110 valence electrons. The molecule has 2 unspecified atom stereocenters. The molecule has 21 heavy (non-hydrogen) atoms. The maximum Gasteiger partial charge on any atom is 0.225 e. The van der Waals surface area contributed by atoms with Crippen molar-refractivity contribution in [1.29, 1.82) is 0 Å². The Bertz CT molecular complexity index is 587. The summed E-state index contributed by atoms with van der Waals surface area (Å²) < 4.78 is 8.38. The minimum Gasteiger partial charge on any atom is -0.371 e. The number of hydrogen-bond donors (Lipinski definition) is 0. The van der Waals surface area contributed by atoms with Crippen LogP contribution in [0.1, 0.15) is 25.3 Å². The summed E-state index contributed by atoms with van der Waals surface area (Å²) in [6.45, 7) is 2.65. The van der Waals surface area contributed by atoms with E-state index >= 15 is 0 Å². The highest BCUT2D eigenvalue weighted by molar-refractivity contribution is 5.31. The Morgan fingerprint density at radius 3 is 2.95 bits per heavy atom. The van der Waals surface area contributed by atoms with E-state index in [9.17, 15) is 0 Å². The molecule has 0 aliphatic carbocycles. The first-order valence-corrected chi connectivity index (χ1v) is 7.48. The highest BCUT2D eigenvalue weighted by atomic mass is 16.5. The van der Waals surface area contributed by atoms with Gasteiger partial charge in [-0.3, -0.25) is 0 Å². The van der Waals surface area contributed by atoms with Crippen molar-refractivity contribution in [2.75, 3.05) is 24.6 Å². The zero-order chi connectivity index (χ0) is 14.1. The SMILES string of the molecule is c1cnc(N2CCCC3(CC(n4ccnc4)CO3)C2)nc1. The van der Waals surface area contributed by atoms with E-state index in [0.29, 0.717) is 6.04 Å². The summed E-state index contributed by atoms with van der Waals surface area (Å²) in [5.41, 5.74) is -0.0631. The van der Waals surface area contributed by atoms with E-state index in [-0.39, 0.29) is 5.60 Å². The molecule has 1 spiro atoms. The lowest BCUT2D eigenvalue weighted by Gasteiger charge is -2.39. The predicted molar refractivity (Wildman–Crippen MR) is 78.0 cm³/mol. The van der Waals surface area contributed by atoms with E-state index in [1.165, 1.54) is 0 Å². The van der Waals surface area contributed by atoms with Gasteiger partial charge >= 0.3 is 0 Å². The number of imidazole rings is 1. The van der Waals surface area contributed by atoms with Crippen molar-refractivity contribution >= 4 is 5.95 Å². The number of nitrogens with zero attached hydrogens (tertiary/aromatic N) is 5. The fourth-order valence-corrected chi connectivity index (χ4v) is 3.50. The standard InChI is InChI=1S/C15H19N5O/c1-3-15(9-13(10-21-15)20-8-6-16-12-20)11-19(7-1)14-17-4-2-5-18-14/h2,4-6,8,12-13H,1,3,7,9-11H2. The van der Waals surface area contributed by atoms with E-state index < -0.39 is 0 Å². The molecule has 0 bridgehead atoms. The molecule has 2 fully saturated rings. The van der Waals surface area contributed by atoms with Crippen LogP contribution < -0.4 is 4.90 Å². The lowest BCUT2D eigenvalue weighted by molar-refractivity contribution is -0.00719. The molecule has 4 heterocycles. The molecule has 0 radical (unpaired) electrons. The molecule has 4 rings (SSSR count). The zero-order valence-corrected chi connectivity index (χ0v) is 11.9. The second-order valence-corrected chi connectivity index (χ2v) is 5.94. The van der Waals surface area contributed by atoms with Gasteiger partial charge in [0.05, 0.1) is 24.6 Å². The van der Waals surface area contributed by atoms with Crippen molar-refractivity contribution in [3.63, 3.8) is 0 Å². The average Bonchev–Trinajstić information content (AvgIpc) is 3.19. The number of ether oxygens (including phenoxy) is 1. The Kier molecular flexibility index (Phi) is 3.11. The van der Waals surface area contributed by atoms with Crippen LogP contribution in [0, 0.1) is 0 Å². The Morgan fingerprint density at radius 1 is 1.24 bits per heavy atom. The zero-order valence-electron chi connectivity index (χ0n) is 11.9. The van der Waals surface area contributed by atoms with Crippen molar-refractivity contribution < 1.29 is 4.74 Å². The highest BCUT2D eigenvalue weighted by Crippen LogP contribution is 2.39. The average molecular weight is 285 g/mol. The molecule has 2 aromatic rings. The lowest BCUT2D eigenvalue weighted by Crippen LogP contribution is -2.48. The minimum atomic E-state index is -0.0631. The summed E-state index contributed by atoms with van der Waals surface area (Å²) >= 11 is 0. The molecule has 0 saturated carbocycles. The Morgan fingerprint density at radius 2 is 2.14 bits per heavy atom. The van der Waals surface area contributed by atoms with Crippen LogP contribution in [0.2, 0.25) is 0 Å². The van der Waals surface area contributed by atoms with Crippen LogP contribution in [0.4, 0.5) is 5.95 Å². The van der Waals surface area contributed by atoms with Gasteiger partial charge in [0.1, 0.15) is 0 Å². The summed E-state index contributed by atoms with van der Waals surface area (Å²) in [5, 5.41) is 0. The normalized spacial score (nSPS) is 29.1. The van der Waals surface area contributed by atoms with Gasteiger partial charge in [0.2, 0.25) is 5.95 Å². The maximum atomic E-state index is 6.22. The molecule has 0 aromatic carbocycles. The first-order valence-electron chi connectivity index (χ1n) is 7.48. The van der Waals surface area contributed by atoms with E-state index in [1.807, 2.05) is 24.8 Å². The molecule has 2 atom stereocenters. The minimum absolute atomic E-state index is 0.0631. The van der Waals surface area contributed by atoms with Gasteiger partial charge in [-0.1, -0.05) is 0 Å². The van der Waals surface area contributed by atoms with Gasteiger partial charge < -0.3 is 14.2 Å². The van der Waals surface area contributed by atoms with Crippen molar-refractivity contribution in [2.45, 2.75) is 30.9 Å². The first kappa shape index (κ1) is 12.8. The van der Waals surface area contributed by atoms with E-state index in [1.54, 1.807) is 12.4 Å². The third kappa shape index (κ3) is 2.40. The van der Waals surface area contributed by atoms with Gasteiger partial charge in [0.25, 0.3) is 0 Å². The lowest BCUT2D eigenvalue weighted by atomic mass is 9.89. The maximum absolute atomic E-state index is 6.22. The molecule has 6 nitrogen and oxygen atoms in total. The van der Waals surface area contributed by atoms with E-state index in [2.05, 4.69) is 24.4 Å². The summed E-state index contributed by atoms with van der Waals surface area (Å²) in [4.78, 5) is 15.1. The van der Waals surface area contributed by atoms with Gasteiger partial charge in [-0.25, -0.2) is 15.0 Å². The summed E-state index contributed by atoms with van der Waals surface area (Å²) in [7, 11) is 0. The van der Waals surface area contributed by atoms with Crippen molar-refractivity contribution in [3.8, 4) is 0 Å². The smallest absolute Gasteiger partial charge is 0.225 e. The quantitative estimate of drug-likeness (QED) is 0.840. The van der Waals surface area contributed by atoms with Crippen LogP contribution in [-0.4, -0.2) is 44.8 Å². The highest BCUT2D eigenvalue weighted by Gasteiger charge is 2.44. The number of piperidine rings is 1. The van der Waals surface area contributed by atoms with Crippen LogP contribution in [0.25, 0.3) is 0 Å². The third-order valence-electron chi connectivity index (χ3n) is 4.51. The van der Waals surface area contributed by atoms with Crippen LogP contribution >= 0.6 is 0 Å². The number of rotatable bonds is 2. The summed E-state index contributed by atoms with van der Waals surface area (Å²) in [5.74, 6) is 0.811. The van der Waals surface area contributed by atoms with Crippen molar-refractivity contribution in [3.05, 3.63) is 37.2 Å². The molecular formula is C15H19N5O. The van der Waals surface area contributed by atoms with Gasteiger partial charge in [0, 0.05) is 44.3 Å². The molecule has 6 heteroatoms. The predicted octanol–water partition coefficient (Wildman–Crippen LogP) is 1.67. The van der Waals surface area contributed by atoms with Gasteiger partial charge in [-0.15, -0.1) is 0 Å². The van der Waals surface area contributed by atoms with Gasteiger partial charge in [0.15, 0.2) is 0 Å². The molecule has 0 amide bonds. The number of anilines is 1. The van der Waals surface area contributed by atoms with E-state index in [4.69, 9.17) is 4.74 Å². The number of hydrogen-bond acceptors (Lipinski definition) is 5. The summed E-state index contributed by atoms with van der Waals surface area (Å²) in [6, 6.07) is 2.24. The fraction of sp³-hybridized carbons (Fsp3) is 0.533. The Hall–Kier alpha value is -1.95. The molecule has 0 N–H and O–H groups in total. The molecule has 2 aromatic heterocycles. The van der Waals surface area contributed by atoms with Gasteiger partial charge in [-0.2, -0.15) is 0 Å². The topological polar surface area (TPSA) is 56.1 Å². The molecule has 2 saturated heterocycles. The van der Waals surface area contributed by atoms with Crippen LogP contribution in [-0.2, 0) is 4.74 Å². The molecule has 2 aliphatic rings. The monoisotopic (exact) mass is 285 g/mol. The van der Waals surface area contributed by atoms with Gasteiger partial charge in [-0.05, 0) is 18.9 Å². The van der Waals surface area contributed by atoms with E-state index in [0.717, 1.165) is 44.9 Å².